The summed E-state index contributed by atoms with van der Waals surface area (Å²) in [4.78, 5) is 4.54. The lowest BCUT2D eigenvalue weighted by atomic mass is 9.98. The monoisotopic (exact) mass is 239 g/mol. The molecule has 0 aromatic carbocycles. The Balaban J connectivity index is 2.17. The van der Waals surface area contributed by atoms with Crippen LogP contribution in [0.3, 0.4) is 0 Å². The molecule has 1 aromatic rings. The van der Waals surface area contributed by atoms with Gasteiger partial charge < -0.3 is 9.88 Å². The number of hydrogen-bond donors (Lipinski definition) is 1. The highest BCUT2D eigenvalue weighted by Crippen LogP contribution is 2.33. The second kappa shape index (κ2) is 5.73. The van der Waals surface area contributed by atoms with E-state index in [4.69, 9.17) is 0 Å². The Morgan fingerprint density at radius 3 is 3.12 bits per heavy atom. The fourth-order valence-electron chi connectivity index (χ4n) is 2.37. The Morgan fingerprint density at radius 2 is 2.50 bits per heavy atom. The maximum Gasteiger partial charge on any atom is 0.126 e. The first-order chi connectivity index (χ1) is 7.86. The van der Waals surface area contributed by atoms with Gasteiger partial charge in [0.05, 0.1) is 6.04 Å². The van der Waals surface area contributed by atoms with Gasteiger partial charge in [0.1, 0.15) is 5.82 Å². The Hall–Kier alpha value is -0.480. The first-order valence-corrected chi connectivity index (χ1v) is 7.34. The lowest BCUT2D eigenvalue weighted by Crippen LogP contribution is -2.30. The van der Waals surface area contributed by atoms with Crippen molar-refractivity contribution in [2.75, 3.05) is 18.1 Å². The van der Waals surface area contributed by atoms with Crippen LogP contribution < -0.4 is 5.32 Å². The zero-order valence-electron chi connectivity index (χ0n) is 10.1. The maximum atomic E-state index is 4.54. The molecule has 1 saturated heterocycles. The summed E-state index contributed by atoms with van der Waals surface area (Å²) in [5.74, 6) is 4.54. The molecule has 0 bridgehead atoms. The number of rotatable bonds is 5. The molecule has 1 aromatic heterocycles. The molecule has 16 heavy (non-hydrogen) atoms. The molecule has 0 amide bonds. The van der Waals surface area contributed by atoms with Crippen LogP contribution in [0.25, 0.3) is 0 Å². The Morgan fingerprint density at radius 1 is 1.62 bits per heavy atom. The van der Waals surface area contributed by atoms with Gasteiger partial charge >= 0.3 is 0 Å². The number of imidazole rings is 1. The number of aromatic nitrogens is 2. The highest BCUT2D eigenvalue weighted by molar-refractivity contribution is 7.99. The summed E-state index contributed by atoms with van der Waals surface area (Å²) in [6, 6.07) is 0.440. The van der Waals surface area contributed by atoms with E-state index in [0.29, 0.717) is 6.04 Å². The predicted molar refractivity (Wildman–Crippen MR) is 69.8 cm³/mol. The van der Waals surface area contributed by atoms with Crippen molar-refractivity contribution in [3.63, 3.8) is 0 Å². The second-order valence-corrected chi connectivity index (χ2v) is 5.38. The van der Waals surface area contributed by atoms with Crippen LogP contribution in [-0.4, -0.2) is 27.6 Å². The minimum absolute atomic E-state index is 0.440. The fourth-order valence-corrected chi connectivity index (χ4v) is 3.67. The molecule has 3 nitrogen and oxygen atoms in total. The number of thioether (sulfide) groups is 1. The van der Waals surface area contributed by atoms with E-state index in [1.165, 1.54) is 23.8 Å². The molecular weight excluding hydrogens is 218 g/mol. The van der Waals surface area contributed by atoms with E-state index in [2.05, 4.69) is 46.7 Å². The summed E-state index contributed by atoms with van der Waals surface area (Å²) in [7, 11) is 0. The Bertz CT molecular complexity index is 318. The molecule has 4 heteroatoms. The lowest BCUT2D eigenvalue weighted by Gasteiger charge is -2.24. The third-order valence-electron chi connectivity index (χ3n) is 3.23. The average Bonchev–Trinajstić information content (AvgIpc) is 2.96. The van der Waals surface area contributed by atoms with Crippen molar-refractivity contribution in [2.45, 2.75) is 32.9 Å². The predicted octanol–water partition coefficient (Wildman–Crippen LogP) is 2.31. The minimum Gasteiger partial charge on any atom is -0.334 e. The van der Waals surface area contributed by atoms with E-state index in [-0.39, 0.29) is 0 Å². The molecule has 1 aliphatic rings. The van der Waals surface area contributed by atoms with Crippen LogP contribution in [0.15, 0.2) is 12.4 Å². The maximum absolute atomic E-state index is 4.54. The van der Waals surface area contributed by atoms with Gasteiger partial charge in [-0.15, -0.1) is 0 Å². The Kier molecular flexibility index (Phi) is 4.29. The molecule has 0 spiro atoms. The van der Waals surface area contributed by atoms with Crippen LogP contribution in [0.2, 0.25) is 0 Å². The molecule has 2 rings (SSSR count). The van der Waals surface area contributed by atoms with Gasteiger partial charge in [0.25, 0.3) is 0 Å². The van der Waals surface area contributed by atoms with Crippen LogP contribution in [-0.2, 0) is 6.54 Å². The average molecular weight is 239 g/mol. The van der Waals surface area contributed by atoms with Crippen molar-refractivity contribution < 1.29 is 0 Å². The Labute approximate surface area is 102 Å². The van der Waals surface area contributed by atoms with Gasteiger partial charge in [-0.2, -0.15) is 11.8 Å². The van der Waals surface area contributed by atoms with E-state index < -0.39 is 0 Å². The van der Waals surface area contributed by atoms with Crippen molar-refractivity contribution in [1.29, 1.82) is 0 Å². The zero-order chi connectivity index (χ0) is 11.4. The number of aryl methyl sites for hydroxylation is 1. The fraction of sp³-hybridized carbons (Fsp3) is 0.750. The number of nitrogens with one attached hydrogen (secondary N) is 1. The van der Waals surface area contributed by atoms with Crippen molar-refractivity contribution in [1.82, 2.24) is 14.9 Å². The van der Waals surface area contributed by atoms with Crippen LogP contribution in [0.1, 0.15) is 32.1 Å². The van der Waals surface area contributed by atoms with Crippen LogP contribution in [0, 0.1) is 5.92 Å². The molecule has 1 fully saturated rings. The quantitative estimate of drug-likeness (QED) is 0.855. The second-order valence-electron chi connectivity index (χ2n) is 4.23. The normalized spacial score (nSPS) is 22.5. The molecule has 90 valence electrons. The smallest absolute Gasteiger partial charge is 0.126 e. The third-order valence-corrected chi connectivity index (χ3v) is 4.42. The van der Waals surface area contributed by atoms with Crippen molar-refractivity contribution in [3.05, 3.63) is 18.2 Å². The summed E-state index contributed by atoms with van der Waals surface area (Å²) in [5, 5.41) is 3.60. The van der Waals surface area contributed by atoms with Crippen molar-refractivity contribution in [2.24, 2.45) is 5.92 Å². The van der Waals surface area contributed by atoms with Crippen molar-refractivity contribution >= 4 is 11.8 Å². The van der Waals surface area contributed by atoms with Crippen LogP contribution in [0.5, 0.6) is 0 Å². The highest BCUT2D eigenvalue weighted by atomic mass is 32.2. The first kappa shape index (κ1) is 12.0. The van der Waals surface area contributed by atoms with Gasteiger partial charge in [0.2, 0.25) is 0 Å². The SMILES string of the molecule is CCNC(c1nccn1CC)C1CCSC1. The third kappa shape index (κ3) is 2.43. The summed E-state index contributed by atoms with van der Waals surface area (Å²) in [5.41, 5.74) is 0. The molecule has 0 aliphatic carbocycles. The van der Waals surface area contributed by atoms with E-state index >= 15 is 0 Å². The van der Waals surface area contributed by atoms with Crippen LogP contribution in [0.4, 0.5) is 0 Å². The molecule has 0 radical (unpaired) electrons. The summed E-state index contributed by atoms with van der Waals surface area (Å²) < 4.78 is 2.26. The van der Waals surface area contributed by atoms with Gasteiger partial charge in [-0.05, 0) is 37.3 Å². The lowest BCUT2D eigenvalue weighted by molar-refractivity contribution is 0.373. The minimum atomic E-state index is 0.440. The van der Waals surface area contributed by atoms with Gasteiger partial charge in [-0.25, -0.2) is 4.98 Å². The van der Waals surface area contributed by atoms with E-state index in [0.717, 1.165) is 19.0 Å². The standard InChI is InChI=1S/C12H21N3S/c1-3-13-11(10-5-8-16-9-10)12-14-6-7-15(12)4-2/h6-7,10-11,13H,3-5,8-9H2,1-2H3. The van der Waals surface area contributed by atoms with Gasteiger partial charge in [0, 0.05) is 18.9 Å². The first-order valence-electron chi connectivity index (χ1n) is 6.19. The van der Waals surface area contributed by atoms with E-state index in [1.807, 2.05) is 6.20 Å². The van der Waals surface area contributed by atoms with E-state index in [1.54, 1.807) is 0 Å². The topological polar surface area (TPSA) is 29.9 Å². The number of hydrogen-bond acceptors (Lipinski definition) is 3. The highest BCUT2D eigenvalue weighted by Gasteiger charge is 2.28. The van der Waals surface area contributed by atoms with Gasteiger partial charge in [-0.3, -0.25) is 0 Å². The van der Waals surface area contributed by atoms with Gasteiger partial charge in [-0.1, -0.05) is 6.92 Å². The zero-order valence-corrected chi connectivity index (χ0v) is 11.0. The molecule has 2 unspecified atom stereocenters. The molecule has 2 heterocycles. The summed E-state index contributed by atoms with van der Waals surface area (Å²) in [6.07, 6.45) is 5.33. The molecule has 1 aliphatic heterocycles. The summed E-state index contributed by atoms with van der Waals surface area (Å²) >= 11 is 2.07. The van der Waals surface area contributed by atoms with Crippen LogP contribution >= 0.6 is 11.8 Å². The largest absolute Gasteiger partial charge is 0.334 e. The molecule has 1 N–H and O–H groups in total. The molecule has 2 atom stereocenters. The van der Waals surface area contributed by atoms with Gasteiger partial charge in [0.15, 0.2) is 0 Å². The van der Waals surface area contributed by atoms with E-state index in [9.17, 15) is 0 Å². The summed E-state index contributed by atoms with van der Waals surface area (Å²) in [6.45, 7) is 6.38. The number of nitrogens with zero attached hydrogens (tertiary/aromatic N) is 2. The van der Waals surface area contributed by atoms with Crippen molar-refractivity contribution in [3.8, 4) is 0 Å². The molecular formula is C12H21N3S. The molecule has 0 saturated carbocycles.